The summed E-state index contributed by atoms with van der Waals surface area (Å²) in [7, 11) is 2.83. The first-order valence-electron chi connectivity index (χ1n) is 7.79. The topological polar surface area (TPSA) is 90.8 Å². The number of hydrogen-bond acceptors (Lipinski definition) is 6. The van der Waals surface area contributed by atoms with Gasteiger partial charge in [0.1, 0.15) is 17.1 Å². The van der Waals surface area contributed by atoms with E-state index in [-0.39, 0.29) is 29.1 Å². The lowest BCUT2D eigenvalue weighted by Crippen LogP contribution is -2.05. The van der Waals surface area contributed by atoms with Crippen molar-refractivity contribution in [3.8, 4) is 34.6 Å². The molecule has 0 saturated carbocycles. The number of aromatic nitrogens is 2. The lowest BCUT2D eigenvalue weighted by molar-refractivity contribution is 0.0695. The van der Waals surface area contributed by atoms with Gasteiger partial charge in [0.15, 0.2) is 0 Å². The quantitative estimate of drug-likeness (QED) is 0.706. The van der Waals surface area contributed by atoms with E-state index in [1.807, 2.05) is 0 Å². The third-order valence-electron chi connectivity index (χ3n) is 3.65. The molecule has 1 N–H and O–H groups in total. The average Bonchev–Trinajstić information content (AvgIpc) is 2.67. The molecule has 0 radical (unpaired) electrons. The van der Waals surface area contributed by atoms with Gasteiger partial charge in [-0.25, -0.2) is 9.18 Å². The molecule has 1 aromatic heterocycles. The minimum atomic E-state index is -1.24. The summed E-state index contributed by atoms with van der Waals surface area (Å²) in [6.45, 7) is 0. The summed E-state index contributed by atoms with van der Waals surface area (Å²) >= 11 is 0. The van der Waals surface area contributed by atoms with Crippen molar-refractivity contribution in [2.45, 2.75) is 0 Å². The third-order valence-corrected chi connectivity index (χ3v) is 3.65. The molecule has 0 aliphatic carbocycles. The van der Waals surface area contributed by atoms with Gasteiger partial charge in [-0.2, -0.15) is 9.97 Å². The van der Waals surface area contributed by atoms with Gasteiger partial charge in [0.25, 0.3) is 0 Å². The van der Waals surface area contributed by atoms with E-state index >= 15 is 0 Å². The van der Waals surface area contributed by atoms with E-state index < -0.39 is 11.8 Å². The van der Waals surface area contributed by atoms with Gasteiger partial charge >= 0.3 is 12.0 Å². The molecule has 0 atom stereocenters. The Kier molecular flexibility index (Phi) is 5.16. The fraction of sp³-hybridized carbons (Fsp3) is 0.105. The van der Waals surface area contributed by atoms with Crippen LogP contribution in [-0.2, 0) is 0 Å². The van der Waals surface area contributed by atoms with Crippen molar-refractivity contribution in [1.82, 2.24) is 9.97 Å². The molecule has 0 saturated heterocycles. The van der Waals surface area contributed by atoms with Crippen LogP contribution in [0.3, 0.4) is 0 Å². The minimum Gasteiger partial charge on any atom is -0.481 e. The number of rotatable bonds is 6. The maximum absolute atomic E-state index is 13.6. The normalized spacial score (nSPS) is 10.3. The summed E-state index contributed by atoms with van der Waals surface area (Å²) in [5, 5.41) is 9.69. The number of benzene rings is 2. The van der Waals surface area contributed by atoms with E-state index in [4.69, 9.17) is 14.2 Å². The standard InChI is InChI=1S/C19H15FN2O5/c1-25-15-10-16(26-2)22-19(21-15)27-14-8-4-7-13(17(14)18(23)24)11-5-3-6-12(20)9-11/h3-10H,1-2H3,(H,23,24). The molecule has 3 rings (SSSR count). The molecule has 0 amide bonds. The highest BCUT2D eigenvalue weighted by Gasteiger charge is 2.20. The monoisotopic (exact) mass is 370 g/mol. The van der Waals surface area contributed by atoms with Crippen molar-refractivity contribution >= 4 is 5.97 Å². The molecule has 0 bridgehead atoms. The van der Waals surface area contributed by atoms with Crippen molar-refractivity contribution in [2.75, 3.05) is 14.2 Å². The van der Waals surface area contributed by atoms with E-state index in [9.17, 15) is 14.3 Å². The zero-order valence-corrected chi connectivity index (χ0v) is 14.5. The lowest BCUT2D eigenvalue weighted by Gasteiger charge is -2.13. The Labute approximate surface area is 154 Å². The van der Waals surface area contributed by atoms with Crippen LogP contribution in [0.5, 0.6) is 23.5 Å². The van der Waals surface area contributed by atoms with Crippen LogP contribution in [0, 0.1) is 5.82 Å². The van der Waals surface area contributed by atoms with Gasteiger partial charge in [-0.15, -0.1) is 0 Å². The van der Waals surface area contributed by atoms with Crippen LogP contribution in [0.25, 0.3) is 11.1 Å². The molecule has 3 aromatic rings. The maximum Gasteiger partial charge on any atom is 0.340 e. The predicted molar refractivity (Wildman–Crippen MR) is 94.0 cm³/mol. The molecule has 27 heavy (non-hydrogen) atoms. The number of methoxy groups -OCH3 is 2. The zero-order chi connectivity index (χ0) is 19.4. The summed E-state index contributed by atoms with van der Waals surface area (Å²) < 4.78 is 29.3. The van der Waals surface area contributed by atoms with Crippen molar-refractivity contribution in [2.24, 2.45) is 0 Å². The molecule has 138 valence electrons. The molecule has 0 unspecified atom stereocenters. The van der Waals surface area contributed by atoms with Crippen molar-refractivity contribution in [3.63, 3.8) is 0 Å². The van der Waals surface area contributed by atoms with E-state index in [0.717, 1.165) is 0 Å². The van der Waals surface area contributed by atoms with Gasteiger partial charge in [-0.1, -0.05) is 24.3 Å². The molecule has 0 spiro atoms. The van der Waals surface area contributed by atoms with Crippen LogP contribution < -0.4 is 14.2 Å². The Bertz CT molecular complexity index is 971. The number of aromatic carboxylic acids is 1. The molecule has 0 aliphatic rings. The highest BCUT2D eigenvalue weighted by molar-refractivity contribution is 5.99. The van der Waals surface area contributed by atoms with Gasteiger partial charge in [0.05, 0.1) is 20.3 Å². The minimum absolute atomic E-state index is 0.000401. The van der Waals surface area contributed by atoms with Crippen LogP contribution in [0.15, 0.2) is 48.5 Å². The highest BCUT2D eigenvalue weighted by atomic mass is 19.1. The predicted octanol–water partition coefficient (Wildman–Crippen LogP) is 3.79. The molecule has 7 nitrogen and oxygen atoms in total. The Hall–Kier alpha value is -3.68. The Morgan fingerprint density at radius 3 is 2.26 bits per heavy atom. The number of carboxylic acid groups (broad SMARTS) is 1. The molecule has 8 heteroatoms. The second kappa shape index (κ2) is 7.69. The second-order valence-electron chi connectivity index (χ2n) is 5.33. The number of halogens is 1. The van der Waals surface area contributed by atoms with Crippen molar-refractivity contribution < 1.29 is 28.5 Å². The molecule has 0 aliphatic heterocycles. The fourth-order valence-electron chi connectivity index (χ4n) is 2.47. The van der Waals surface area contributed by atoms with Crippen LogP contribution in [0.1, 0.15) is 10.4 Å². The average molecular weight is 370 g/mol. The largest absolute Gasteiger partial charge is 0.481 e. The number of hydrogen-bond donors (Lipinski definition) is 1. The van der Waals surface area contributed by atoms with Crippen molar-refractivity contribution in [3.05, 3.63) is 59.9 Å². The van der Waals surface area contributed by atoms with Gasteiger partial charge in [0, 0.05) is 5.56 Å². The first-order chi connectivity index (χ1) is 13.0. The fourth-order valence-corrected chi connectivity index (χ4v) is 2.47. The van der Waals surface area contributed by atoms with Crippen LogP contribution in [0.4, 0.5) is 4.39 Å². The van der Waals surface area contributed by atoms with E-state index in [1.165, 1.54) is 44.6 Å². The van der Waals surface area contributed by atoms with Gasteiger partial charge in [0.2, 0.25) is 11.8 Å². The number of carbonyl (C=O) groups is 1. The number of carboxylic acids is 1. The van der Waals surface area contributed by atoms with Crippen LogP contribution in [0.2, 0.25) is 0 Å². The number of ether oxygens (including phenoxy) is 3. The van der Waals surface area contributed by atoms with Gasteiger partial charge in [-0.3, -0.25) is 0 Å². The van der Waals surface area contributed by atoms with Crippen LogP contribution in [-0.4, -0.2) is 35.3 Å². The van der Waals surface area contributed by atoms with E-state index in [2.05, 4.69) is 9.97 Å². The first kappa shape index (κ1) is 18.1. The number of nitrogens with zero attached hydrogens (tertiary/aromatic N) is 2. The summed E-state index contributed by atoms with van der Waals surface area (Å²) in [5.41, 5.74) is 0.560. The van der Waals surface area contributed by atoms with E-state index in [0.29, 0.717) is 11.1 Å². The molecule has 1 heterocycles. The summed E-state index contributed by atoms with van der Waals surface area (Å²) in [5.74, 6) is -1.33. The van der Waals surface area contributed by atoms with Crippen LogP contribution >= 0.6 is 0 Å². The first-order valence-corrected chi connectivity index (χ1v) is 7.79. The van der Waals surface area contributed by atoms with Crippen molar-refractivity contribution in [1.29, 1.82) is 0 Å². The molecule has 0 fully saturated rings. The highest BCUT2D eigenvalue weighted by Crippen LogP contribution is 2.33. The Morgan fingerprint density at radius 2 is 1.67 bits per heavy atom. The van der Waals surface area contributed by atoms with Gasteiger partial charge < -0.3 is 19.3 Å². The molecule has 2 aromatic carbocycles. The Balaban J connectivity index is 2.09. The third kappa shape index (κ3) is 3.95. The summed E-state index contributed by atoms with van der Waals surface area (Å²) in [4.78, 5) is 19.9. The Morgan fingerprint density at radius 1 is 1.00 bits per heavy atom. The SMILES string of the molecule is COc1cc(OC)nc(Oc2cccc(-c3cccc(F)c3)c2C(=O)O)n1. The zero-order valence-electron chi connectivity index (χ0n) is 14.5. The van der Waals surface area contributed by atoms with E-state index in [1.54, 1.807) is 18.2 Å². The van der Waals surface area contributed by atoms with Gasteiger partial charge in [-0.05, 0) is 23.8 Å². The molecular formula is C19H15FN2O5. The maximum atomic E-state index is 13.6. The smallest absolute Gasteiger partial charge is 0.340 e. The summed E-state index contributed by atoms with van der Waals surface area (Å²) in [6.07, 6.45) is 0. The molecular weight excluding hydrogens is 355 g/mol. The second-order valence-corrected chi connectivity index (χ2v) is 5.33. The summed E-state index contributed by atoms with van der Waals surface area (Å²) in [6, 6.07) is 11.6. The lowest BCUT2D eigenvalue weighted by atomic mass is 9.99.